The van der Waals surface area contributed by atoms with E-state index < -0.39 is 0 Å². The minimum absolute atomic E-state index is 0.304. The van der Waals surface area contributed by atoms with Crippen LogP contribution >= 0.6 is 0 Å². The fraction of sp³-hybridized carbons (Fsp3) is 0.333. The van der Waals surface area contributed by atoms with Crippen LogP contribution in [-0.2, 0) is 12.1 Å². The first-order chi connectivity index (χ1) is 11.4. The normalized spacial score (nSPS) is 18.8. The number of nitrogens with two attached hydrogens (primary N) is 1. The van der Waals surface area contributed by atoms with Gasteiger partial charge < -0.3 is 15.6 Å². The van der Waals surface area contributed by atoms with Gasteiger partial charge in [-0.2, -0.15) is 0 Å². The zero-order valence-electron chi connectivity index (χ0n) is 14.6. The molecule has 0 saturated carbocycles. The van der Waals surface area contributed by atoms with Crippen LogP contribution in [0.2, 0.25) is 0 Å². The van der Waals surface area contributed by atoms with Gasteiger partial charge in [-0.15, -0.1) is 0 Å². The molecule has 0 amide bonds. The van der Waals surface area contributed by atoms with E-state index in [2.05, 4.69) is 79.3 Å². The molecule has 0 bridgehead atoms. The molecule has 0 spiro atoms. The van der Waals surface area contributed by atoms with Gasteiger partial charge in [0.15, 0.2) is 0 Å². The molecule has 0 fully saturated rings. The third kappa shape index (κ3) is 2.64. The molecule has 124 valence electrons. The average molecular weight is 319 g/mol. The van der Waals surface area contributed by atoms with Crippen molar-refractivity contribution in [3.8, 4) is 0 Å². The molecule has 1 atom stereocenters. The largest absolute Gasteiger partial charge is 0.358 e. The van der Waals surface area contributed by atoms with E-state index in [4.69, 9.17) is 5.73 Å². The second-order valence-electron chi connectivity index (χ2n) is 7.70. The van der Waals surface area contributed by atoms with Crippen LogP contribution in [0.3, 0.4) is 0 Å². The van der Waals surface area contributed by atoms with E-state index in [1.54, 1.807) is 0 Å². The Bertz CT molecular complexity index is 852. The highest BCUT2D eigenvalue weighted by molar-refractivity contribution is 5.80. The van der Waals surface area contributed by atoms with Crippen molar-refractivity contribution >= 4 is 10.9 Å². The molecule has 3 N–H and O–H groups in total. The molecule has 2 aromatic carbocycles. The minimum Gasteiger partial charge on any atom is -0.358 e. The van der Waals surface area contributed by atoms with Crippen LogP contribution in [0.5, 0.6) is 0 Å². The lowest BCUT2D eigenvalue weighted by Gasteiger charge is -2.33. The highest BCUT2D eigenvalue weighted by Gasteiger charge is 2.27. The van der Waals surface area contributed by atoms with E-state index in [-0.39, 0.29) is 5.54 Å². The Morgan fingerprint density at radius 1 is 1.12 bits per heavy atom. The Labute approximate surface area is 143 Å². The summed E-state index contributed by atoms with van der Waals surface area (Å²) in [5.74, 6) is 0.376. The van der Waals surface area contributed by atoms with Gasteiger partial charge in [0.25, 0.3) is 0 Å². The monoisotopic (exact) mass is 319 g/mol. The average Bonchev–Trinajstić information content (AvgIpc) is 2.96. The predicted molar refractivity (Wildman–Crippen MR) is 100 cm³/mol. The minimum atomic E-state index is -0.304. The molecule has 0 radical (unpaired) electrons. The van der Waals surface area contributed by atoms with Crippen molar-refractivity contribution in [1.82, 2.24) is 9.88 Å². The van der Waals surface area contributed by atoms with E-state index in [0.29, 0.717) is 5.92 Å². The van der Waals surface area contributed by atoms with E-state index >= 15 is 0 Å². The van der Waals surface area contributed by atoms with Gasteiger partial charge in [-0.05, 0) is 55.1 Å². The van der Waals surface area contributed by atoms with Crippen LogP contribution < -0.4 is 5.73 Å². The van der Waals surface area contributed by atoms with Crippen molar-refractivity contribution in [2.24, 2.45) is 5.73 Å². The van der Waals surface area contributed by atoms with Gasteiger partial charge in [0, 0.05) is 35.8 Å². The van der Waals surface area contributed by atoms with Crippen LogP contribution in [0.15, 0.2) is 48.5 Å². The van der Waals surface area contributed by atoms with Crippen LogP contribution in [-0.4, -0.2) is 23.5 Å². The van der Waals surface area contributed by atoms with Crippen molar-refractivity contribution in [3.63, 3.8) is 0 Å². The Balaban J connectivity index is 1.81. The van der Waals surface area contributed by atoms with Gasteiger partial charge in [0.05, 0.1) is 0 Å². The van der Waals surface area contributed by atoms with Crippen molar-refractivity contribution in [2.45, 2.75) is 31.8 Å². The molecule has 1 aliphatic heterocycles. The number of likely N-dealkylation sites (N-methyl/N-ethyl adjacent to an activating group) is 1. The zero-order valence-corrected chi connectivity index (χ0v) is 14.6. The maximum Gasteiger partial charge on any atom is 0.0456 e. The van der Waals surface area contributed by atoms with Gasteiger partial charge in [-0.25, -0.2) is 0 Å². The standard InChI is InChI=1S/C21H25N3/c1-21(2,22)16-8-9-17-15(10-16)12-24(3)13-18(17)20-11-14-6-4-5-7-19(14)23-20/h4-11,18,23H,12-13,22H2,1-3H3. The number of aromatic nitrogens is 1. The number of nitrogens with one attached hydrogen (secondary N) is 1. The molecule has 3 aromatic rings. The number of hydrogen-bond acceptors (Lipinski definition) is 2. The van der Waals surface area contributed by atoms with Crippen molar-refractivity contribution in [2.75, 3.05) is 13.6 Å². The first kappa shape index (κ1) is 15.4. The molecule has 3 heteroatoms. The van der Waals surface area contributed by atoms with Crippen LogP contribution in [0, 0.1) is 0 Å². The number of hydrogen-bond donors (Lipinski definition) is 2. The molecule has 1 unspecified atom stereocenters. The van der Waals surface area contributed by atoms with Gasteiger partial charge >= 0.3 is 0 Å². The van der Waals surface area contributed by atoms with Crippen molar-refractivity contribution in [1.29, 1.82) is 0 Å². The van der Waals surface area contributed by atoms with E-state index in [9.17, 15) is 0 Å². The van der Waals surface area contributed by atoms with Crippen molar-refractivity contribution in [3.05, 3.63) is 70.9 Å². The molecular formula is C21H25N3. The number of rotatable bonds is 2. The Morgan fingerprint density at radius 3 is 2.67 bits per heavy atom. The second kappa shape index (κ2) is 5.47. The lowest BCUT2D eigenvalue weighted by molar-refractivity contribution is 0.293. The highest BCUT2D eigenvalue weighted by atomic mass is 15.1. The molecule has 0 saturated heterocycles. The zero-order chi connectivity index (χ0) is 16.9. The second-order valence-corrected chi connectivity index (χ2v) is 7.70. The Hall–Kier alpha value is -2.10. The third-order valence-corrected chi connectivity index (χ3v) is 5.12. The van der Waals surface area contributed by atoms with Crippen LogP contribution in [0.25, 0.3) is 10.9 Å². The molecule has 1 aromatic heterocycles. The van der Waals surface area contributed by atoms with E-state index in [0.717, 1.165) is 13.1 Å². The van der Waals surface area contributed by atoms with Gasteiger partial charge in [-0.1, -0.05) is 36.4 Å². The summed E-state index contributed by atoms with van der Waals surface area (Å²) in [6.45, 7) is 6.15. The maximum atomic E-state index is 6.30. The van der Waals surface area contributed by atoms with Gasteiger partial charge in [0.2, 0.25) is 0 Å². The highest BCUT2D eigenvalue weighted by Crippen LogP contribution is 2.35. The topological polar surface area (TPSA) is 45.0 Å². The number of fused-ring (bicyclic) bond motifs is 2. The maximum absolute atomic E-state index is 6.30. The van der Waals surface area contributed by atoms with Gasteiger partial charge in [0.1, 0.15) is 0 Å². The number of nitrogens with zero attached hydrogens (tertiary/aromatic N) is 1. The summed E-state index contributed by atoms with van der Waals surface area (Å²) in [7, 11) is 2.19. The molecule has 24 heavy (non-hydrogen) atoms. The lowest BCUT2D eigenvalue weighted by Crippen LogP contribution is -2.33. The SMILES string of the molecule is CN1Cc2cc(C(C)(C)N)ccc2C(c2cc3ccccc3[nH]2)C1. The predicted octanol–water partition coefficient (Wildman–Crippen LogP) is 3.94. The number of para-hydroxylation sites is 1. The fourth-order valence-corrected chi connectivity index (χ4v) is 3.80. The molecule has 2 heterocycles. The quantitative estimate of drug-likeness (QED) is 0.751. The van der Waals surface area contributed by atoms with Crippen LogP contribution in [0.1, 0.15) is 42.1 Å². The third-order valence-electron chi connectivity index (χ3n) is 5.12. The van der Waals surface area contributed by atoms with Crippen molar-refractivity contribution < 1.29 is 0 Å². The summed E-state index contributed by atoms with van der Waals surface area (Å²) in [5.41, 5.74) is 12.5. The van der Waals surface area contributed by atoms with Crippen LogP contribution in [0.4, 0.5) is 0 Å². The molecule has 3 nitrogen and oxygen atoms in total. The smallest absolute Gasteiger partial charge is 0.0456 e. The van der Waals surface area contributed by atoms with E-state index in [1.165, 1.54) is 33.3 Å². The summed E-state index contributed by atoms with van der Waals surface area (Å²) in [4.78, 5) is 6.01. The summed E-state index contributed by atoms with van der Waals surface area (Å²) >= 11 is 0. The summed E-state index contributed by atoms with van der Waals surface area (Å²) < 4.78 is 0. The molecule has 4 rings (SSSR count). The first-order valence-electron chi connectivity index (χ1n) is 8.60. The number of benzene rings is 2. The van der Waals surface area contributed by atoms with Gasteiger partial charge in [-0.3, -0.25) is 0 Å². The molecular weight excluding hydrogens is 294 g/mol. The summed E-state index contributed by atoms with van der Waals surface area (Å²) in [5, 5.41) is 1.28. The molecule has 1 aliphatic rings. The summed E-state index contributed by atoms with van der Waals surface area (Å²) in [6, 6.07) is 17.6. The summed E-state index contributed by atoms with van der Waals surface area (Å²) in [6.07, 6.45) is 0. The molecule has 0 aliphatic carbocycles. The Morgan fingerprint density at radius 2 is 1.92 bits per heavy atom. The van der Waals surface area contributed by atoms with E-state index in [1.807, 2.05) is 0 Å². The first-order valence-corrected chi connectivity index (χ1v) is 8.60. The Kier molecular flexibility index (Phi) is 3.52. The fourth-order valence-electron chi connectivity index (χ4n) is 3.80. The number of H-pyrrole nitrogens is 1. The number of aromatic amines is 1. The lowest BCUT2D eigenvalue weighted by atomic mass is 9.84.